The Hall–Kier alpha value is -1.03. The maximum Gasteiger partial charge on any atom is 0.125 e. The Kier molecular flexibility index (Phi) is 3.72. The van der Waals surface area contributed by atoms with Crippen LogP contribution in [-0.4, -0.2) is 12.2 Å². The third-order valence-corrected chi connectivity index (χ3v) is 3.78. The van der Waals surface area contributed by atoms with E-state index in [0.29, 0.717) is 16.3 Å². The Bertz CT molecular complexity index is 522. The molecule has 90 valence electrons. The molecule has 2 rings (SSSR count). The predicted octanol–water partition coefficient (Wildman–Crippen LogP) is 3.80. The molecule has 0 aliphatic rings. The molecule has 4 heteroatoms. The number of aliphatic hydroxyl groups is 1. The van der Waals surface area contributed by atoms with E-state index in [0.717, 1.165) is 10.4 Å². The number of ether oxygens (including phenoxy) is 1. The number of methoxy groups -OCH3 is 1. The first-order chi connectivity index (χ1) is 8.13. The van der Waals surface area contributed by atoms with Gasteiger partial charge in [-0.05, 0) is 42.1 Å². The lowest BCUT2D eigenvalue weighted by atomic mass is 10.0. The van der Waals surface area contributed by atoms with Gasteiger partial charge in [-0.3, -0.25) is 0 Å². The molecule has 2 aromatic rings. The predicted molar refractivity (Wildman–Crippen MR) is 71.1 cm³/mol. The van der Waals surface area contributed by atoms with Gasteiger partial charge in [0.1, 0.15) is 11.9 Å². The van der Waals surface area contributed by atoms with E-state index in [9.17, 15) is 5.11 Å². The first-order valence-corrected chi connectivity index (χ1v) is 6.44. The molecule has 0 aliphatic heterocycles. The molecule has 0 bridgehead atoms. The van der Waals surface area contributed by atoms with Gasteiger partial charge in [0.15, 0.2) is 0 Å². The van der Waals surface area contributed by atoms with E-state index in [-0.39, 0.29) is 0 Å². The van der Waals surface area contributed by atoms with Crippen LogP contribution in [0.5, 0.6) is 5.75 Å². The molecule has 1 heterocycles. The lowest BCUT2D eigenvalue weighted by Gasteiger charge is -2.15. The van der Waals surface area contributed by atoms with Crippen LogP contribution in [0.4, 0.5) is 0 Å². The highest BCUT2D eigenvalue weighted by molar-refractivity contribution is 7.10. The van der Waals surface area contributed by atoms with Gasteiger partial charge in [0, 0.05) is 15.5 Å². The van der Waals surface area contributed by atoms with Crippen LogP contribution in [0.25, 0.3) is 0 Å². The fourth-order valence-corrected chi connectivity index (χ4v) is 2.68. The number of aliphatic hydroxyl groups excluding tert-OH is 1. The standard InChI is InChI=1S/C13H13ClO2S/c1-8-10(5-6-17-8)13(15)11-7-9(14)3-4-12(11)16-2/h3-7,13,15H,1-2H3. The van der Waals surface area contributed by atoms with Crippen LogP contribution in [0, 0.1) is 6.92 Å². The zero-order valence-electron chi connectivity index (χ0n) is 9.61. The monoisotopic (exact) mass is 268 g/mol. The normalized spacial score (nSPS) is 12.5. The smallest absolute Gasteiger partial charge is 0.125 e. The number of aryl methyl sites for hydroxylation is 1. The molecule has 0 radical (unpaired) electrons. The van der Waals surface area contributed by atoms with Gasteiger partial charge in [0.25, 0.3) is 0 Å². The van der Waals surface area contributed by atoms with Gasteiger partial charge in [0.2, 0.25) is 0 Å². The van der Waals surface area contributed by atoms with Crippen LogP contribution in [-0.2, 0) is 0 Å². The molecule has 1 unspecified atom stereocenters. The average molecular weight is 269 g/mol. The maximum absolute atomic E-state index is 10.4. The van der Waals surface area contributed by atoms with Gasteiger partial charge in [-0.2, -0.15) is 0 Å². The van der Waals surface area contributed by atoms with Crippen molar-refractivity contribution >= 4 is 22.9 Å². The van der Waals surface area contributed by atoms with Gasteiger partial charge >= 0.3 is 0 Å². The van der Waals surface area contributed by atoms with Gasteiger partial charge in [-0.25, -0.2) is 0 Å². The molecule has 0 aliphatic carbocycles. The molecule has 0 saturated heterocycles. The molecule has 1 aromatic heterocycles. The lowest BCUT2D eigenvalue weighted by molar-refractivity contribution is 0.214. The molecular weight excluding hydrogens is 256 g/mol. The molecule has 0 spiro atoms. The van der Waals surface area contributed by atoms with Crippen molar-refractivity contribution in [3.05, 3.63) is 50.7 Å². The average Bonchev–Trinajstić information content (AvgIpc) is 2.74. The summed E-state index contributed by atoms with van der Waals surface area (Å²) in [5, 5.41) is 12.9. The second-order valence-electron chi connectivity index (χ2n) is 3.72. The van der Waals surface area contributed by atoms with E-state index in [4.69, 9.17) is 16.3 Å². The number of hydrogen-bond acceptors (Lipinski definition) is 3. The summed E-state index contributed by atoms with van der Waals surface area (Å²) in [4.78, 5) is 1.10. The number of hydrogen-bond donors (Lipinski definition) is 1. The number of thiophene rings is 1. The van der Waals surface area contributed by atoms with Crippen LogP contribution in [0.15, 0.2) is 29.6 Å². The lowest BCUT2D eigenvalue weighted by Crippen LogP contribution is -2.02. The van der Waals surface area contributed by atoms with E-state index in [1.165, 1.54) is 0 Å². The van der Waals surface area contributed by atoms with Crippen LogP contribution < -0.4 is 4.74 Å². The van der Waals surface area contributed by atoms with Gasteiger partial charge in [-0.1, -0.05) is 11.6 Å². The van der Waals surface area contributed by atoms with Crippen molar-refractivity contribution in [3.8, 4) is 5.75 Å². The number of halogens is 1. The van der Waals surface area contributed by atoms with E-state index in [1.807, 2.05) is 18.4 Å². The molecule has 1 aromatic carbocycles. The zero-order chi connectivity index (χ0) is 12.4. The van der Waals surface area contributed by atoms with Crippen LogP contribution in [0.2, 0.25) is 5.02 Å². The summed E-state index contributed by atoms with van der Waals surface area (Å²) < 4.78 is 5.24. The van der Waals surface area contributed by atoms with E-state index in [1.54, 1.807) is 36.6 Å². The quantitative estimate of drug-likeness (QED) is 0.917. The van der Waals surface area contributed by atoms with Crippen molar-refractivity contribution in [2.45, 2.75) is 13.0 Å². The highest BCUT2D eigenvalue weighted by Gasteiger charge is 2.18. The third kappa shape index (κ3) is 2.46. The van der Waals surface area contributed by atoms with Gasteiger partial charge < -0.3 is 9.84 Å². The Labute approximate surface area is 109 Å². The third-order valence-electron chi connectivity index (χ3n) is 2.68. The van der Waals surface area contributed by atoms with Crippen LogP contribution in [0.1, 0.15) is 22.1 Å². The SMILES string of the molecule is COc1ccc(Cl)cc1C(O)c1ccsc1C. The minimum atomic E-state index is -0.699. The summed E-state index contributed by atoms with van der Waals surface area (Å²) in [7, 11) is 1.58. The zero-order valence-corrected chi connectivity index (χ0v) is 11.2. The summed E-state index contributed by atoms with van der Waals surface area (Å²) in [5.74, 6) is 0.646. The fraction of sp³-hybridized carbons (Fsp3) is 0.231. The Morgan fingerprint density at radius 3 is 2.65 bits per heavy atom. The first kappa shape index (κ1) is 12.4. The molecule has 1 atom stereocenters. The van der Waals surface area contributed by atoms with E-state index in [2.05, 4.69) is 0 Å². The van der Waals surface area contributed by atoms with Crippen molar-refractivity contribution in [3.63, 3.8) is 0 Å². The molecular formula is C13H13ClO2S. The summed E-state index contributed by atoms with van der Waals surface area (Å²) in [5.41, 5.74) is 1.59. The summed E-state index contributed by atoms with van der Waals surface area (Å²) >= 11 is 7.57. The number of benzene rings is 1. The Morgan fingerprint density at radius 2 is 2.06 bits per heavy atom. The van der Waals surface area contributed by atoms with Crippen molar-refractivity contribution in [2.75, 3.05) is 7.11 Å². The van der Waals surface area contributed by atoms with Crippen LogP contribution in [0.3, 0.4) is 0 Å². The summed E-state index contributed by atoms with van der Waals surface area (Å²) in [6, 6.07) is 7.17. The first-order valence-electron chi connectivity index (χ1n) is 5.19. The number of rotatable bonds is 3. The maximum atomic E-state index is 10.4. The fourth-order valence-electron chi connectivity index (χ4n) is 1.76. The topological polar surface area (TPSA) is 29.5 Å². The van der Waals surface area contributed by atoms with E-state index < -0.39 is 6.10 Å². The minimum absolute atomic E-state index is 0.590. The van der Waals surface area contributed by atoms with Crippen molar-refractivity contribution in [1.82, 2.24) is 0 Å². The van der Waals surface area contributed by atoms with E-state index >= 15 is 0 Å². The highest BCUT2D eigenvalue weighted by atomic mass is 35.5. The second kappa shape index (κ2) is 5.08. The molecule has 17 heavy (non-hydrogen) atoms. The molecule has 0 fully saturated rings. The Morgan fingerprint density at radius 1 is 1.29 bits per heavy atom. The van der Waals surface area contributed by atoms with Gasteiger partial charge in [0.05, 0.1) is 7.11 Å². The highest BCUT2D eigenvalue weighted by Crippen LogP contribution is 2.34. The molecule has 1 N–H and O–H groups in total. The summed E-state index contributed by atoms with van der Waals surface area (Å²) in [6.45, 7) is 1.99. The summed E-state index contributed by atoms with van der Waals surface area (Å²) in [6.07, 6.45) is -0.699. The Balaban J connectivity index is 2.46. The van der Waals surface area contributed by atoms with Crippen LogP contribution >= 0.6 is 22.9 Å². The minimum Gasteiger partial charge on any atom is -0.496 e. The van der Waals surface area contributed by atoms with Crippen molar-refractivity contribution in [2.24, 2.45) is 0 Å². The molecule has 2 nitrogen and oxygen atoms in total. The van der Waals surface area contributed by atoms with Crippen molar-refractivity contribution < 1.29 is 9.84 Å². The van der Waals surface area contributed by atoms with Crippen molar-refractivity contribution in [1.29, 1.82) is 0 Å². The molecule has 0 amide bonds. The largest absolute Gasteiger partial charge is 0.496 e. The second-order valence-corrected chi connectivity index (χ2v) is 5.28. The van der Waals surface area contributed by atoms with Gasteiger partial charge in [-0.15, -0.1) is 11.3 Å². The molecule has 0 saturated carbocycles.